The molecule has 1 fully saturated rings. The number of ether oxygens (including phenoxy) is 1. The van der Waals surface area contributed by atoms with Gasteiger partial charge >= 0.3 is 6.09 Å². The molecule has 0 saturated carbocycles. The summed E-state index contributed by atoms with van der Waals surface area (Å²) in [4.78, 5) is 20.4. The number of alkyl carbamates (subject to hydrolysis) is 1. The van der Waals surface area contributed by atoms with Crippen LogP contribution < -0.4 is 20.7 Å². The van der Waals surface area contributed by atoms with Crippen molar-refractivity contribution in [3.8, 4) is 0 Å². The third kappa shape index (κ3) is 5.08. The molecular formula is C24H25ClN6O4S. The number of anilines is 4. The highest BCUT2D eigenvalue weighted by Crippen LogP contribution is 2.38. The Morgan fingerprint density at radius 2 is 1.89 bits per heavy atom. The van der Waals surface area contributed by atoms with Gasteiger partial charge in [-0.2, -0.15) is 4.98 Å². The Morgan fingerprint density at radius 3 is 2.67 bits per heavy atom. The molecule has 1 aromatic heterocycles. The zero-order valence-corrected chi connectivity index (χ0v) is 21.4. The molecule has 1 unspecified atom stereocenters. The number of benzene rings is 2. The maximum Gasteiger partial charge on any atom is 0.408 e. The van der Waals surface area contributed by atoms with E-state index in [0.29, 0.717) is 23.9 Å². The van der Waals surface area contributed by atoms with E-state index >= 15 is 0 Å². The van der Waals surface area contributed by atoms with Crippen molar-refractivity contribution in [1.29, 1.82) is 0 Å². The molecule has 0 bridgehead atoms. The number of fused-ring (bicyclic) bond motifs is 3. The average Bonchev–Trinajstić information content (AvgIpc) is 3.30. The van der Waals surface area contributed by atoms with Crippen LogP contribution in [-0.2, 0) is 21.2 Å². The smallest absolute Gasteiger partial charge is 0.408 e. The van der Waals surface area contributed by atoms with Crippen molar-refractivity contribution in [3.63, 3.8) is 0 Å². The molecule has 1 aliphatic carbocycles. The lowest BCUT2D eigenvalue weighted by molar-refractivity contribution is 0.136. The summed E-state index contributed by atoms with van der Waals surface area (Å²) in [6.45, 7) is 5.33. The molecule has 2 heterocycles. The number of amides is 1. The molecular weight excluding hydrogens is 504 g/mol. The number of nitrogens with zero attached hydrogens (tertiary/aromatic N) is 2. The fraction of sp³-hybridized carbons (Fsp3) is 0.292. The van der Waals surface area contributed by atoms with Crippen LogP contribution in [0.3, 0.4) is 0 Å². The van der Waals surface area contributed by atoms with E-state index in [9.17, 15) is 13.2 Å². The van der Waals surface area contributed by atoms with Gasteiger partial charge in [-0.3, -0.25) is 0 Å². The number of carbonyl (C=O) groups excluding carboxylic acids is 1. The first kappa shape index (κ1) is 24.3. The molecule has 2 aliphatic rings. The minimum absolute atomic E-state index is 0.116. The molecule has 3 aromatic rings. The van der Waals surface area contributed by atoms with Crippen molar-refractivity contribution in [1.82, 2.24) is 20.0 Å². The van der Waals surface area contributed by atoms with E-state index in [1.807, 2.05) is 18.2 Å². The highest BCUT2D eigenvalue weighted by molar-refractivity contribution is 7.89. The predicted molar refractivity (Wildman–Crippen MR) is 136 cm³/mol. The number of rotatable bonds is 6. The summed E-state index contributed by atoms with van der Waals surface area (Å²) < 4.78 is 33.4. The summed E-state index contributed by atoms with van der Waals surface area (Å²) in [6, 6.07) is 12.0. The third-order valence-electron chi connectivity index (χ3n) is 5.65. The molecule has 12 heteroatoms. The van der Waals surface area contributed by atoms with E-state index in [-0.39, 0.29) is 22.1 Å². The van der Waals surface area contributed by atoms with Crippen LogP contribution in [0.25, 0.3) is 0 Å². The summed E-state index contributed by atoms with van der Waals surface area (Å²) in [6.07, 6.45) is 1.53. The van der Waals surface area contributed by atoms with Gasteiger partial charge < -0.3 is 20.7 Å². The average molecular weight is 529 g/mol. The zero-order valence-electron chi connectivity index (χ0n) is 19.8. The lowest BCUT2D eigenvalue weighted by Gasteiger charge is -2.20. The van der Waals surface area contributed by atoms with E-state index in [1.165, 1.54) is 18.3 Å². The van der Waals surface area contributed by atoms with Gasteiger partial charge in [0.2, 0.25) is 16.0 Å². The van der Waals surface area contributed by atoms with Crippen LogP contribution in [0, 0.1) is 0 Å². The summed E-state index contributed by atoms with van der Waals surface area (Å²) in [5.41, 5.74) is 2.73. The van der Waals surface area contributed by atoms with Crippen LogP contribution >= 0.6 is 11.6 Å². The van der Waals surface area contributed by atoms with Crippen molar-refractivity contribution in [2.75, 3.05) is 10.6 Å². The van der Waals surface area contributed by atoms with Gasteiger partial charge in [-0.15, -0.1) is 0 Å². The summed E-state index contributed by atoms with van der Waals surface area (Å²) in [5.74, 6) is 0.603. The first-order valence-corrected chi connectivity index (χ1v) is 13.1. The Balaban J connectivity index is 1.35. The number of hydrogen-bond acceptors (Lipinski definition) is 8. The number of hydrogen-bond donors (Lipinski definition) is 4. The Bertz CT molecular complexity index is 1460. The molecule has 10 nitrogen and oxygen atoms in total. The first-order valence-electron chi connectivity index (χ1n) is 11.3. The molecule has 1 aliphatic heterocycles. The number of aromatic nitrogens is 2. The maximum absolute atomic E-state index is 12.7. The SMILES string of the molecule is CC(C)(C)NS(=O)(=O)c1cccc(Nc2nc(Nc3ccc4c(c3)[C@@H]3NC(=O)OC3C4)ncc2Cl)c1. The topological polar surface area (TPSA) is 134 Å². The van der Waals surface area contributed by atoms with Crippen LogP contribution in [0.4, 0.5) is 27.9 Å². The Kier molecular flexibility index (Phi) is 6.01. The Labute approximate surface area is 213 Å². The van der Waals surface area contributed by atoms with Crippen LogP contribution in [0.2, 0.25) is 5.02 Å². The summed E-state index contributed by atoms with van der Waals surface area (Å²) in [5, 5.41) is 9.34. The van der Waals surface area contributed by atoms with Crippen LogP contribution in [0.15, 0.2) is 53.6 Å². The molecule has 2 atom stereocenters. The summed E-state index contributed by atoms with van der Waals surface area (Å²) >= 11 is 6.32. The van der Waals surface area contributed by atoms with Crippen molar-refractivity contribution >= 4 is 50.9 Å². The van der Waals surface area contributed by atoms with E-state index in [0.717, 1.165) is 16.8 Å². The second kappa shape index (κ2) is 8.91. The minimum Gasteiger partial charge on any atom is -0.443 e. The standard InChI is InChI=1S/C24H25ClN6O4S/c1-24(2,3)31-36(33,34)16-6-4-5-14(10-16)27-21-18(25)12-26-22(30-21)28-15-8-7-13-9-19-20(17(13)11-15)29-23(32)35-19/h4-8,10-12,19-20,31H,9H2,1-3H3,(H,29,32)(H2,26,27,28,30)/t19?,20-/m0/s1. The molecule has 0 radical (unpaired) electrons. The molecule has 36 heavy (non-hydrogen) atoms. The second-order valence-corrected chi connectivity index (χ2v) is 11.8. The van der Waals surface area contributed by atoms with E-state index in [1.54, 1.807) is 32.9 Å². The highest BCUT2D eigenvalue weighted by Gasteiger charge is 2.41. The van der Waals surface area contributed by atoms with Crippen LogP contribution in [0.5, 0.6) is 0 Å². The van der Waals surface area contributed by atoms with Gasteiger partial charge in [0, 0.05) is 23.3 Å². The molecule has 4 N–H and O–H groups in total. The van der Waals surface area contributed by atoms with Crippen molar-refractivity contribution in [2.24, 2.45) is 0 Å². The number of halogens is 1. The molecule has 188 valence electrons. The molecule has 2 aromatic carbocycles. The number of sulfonamides is 1. The van der Waals surface area contributed by atoms with Crippen molar-refractivity contribution in [2.45, 2.75) is 49.8 Å². The van der Waals surface area contributed by atoms with E-state index in [2.05, 4.69) is 30.6 Å². The highest BCUT2D eigenvalue weighted by atomic mass is 35.5. The van der Waals surface area contributed by atoms with Crippen molar-refractivity contribution in [3.05, 3.63) is 64.8 Å². The normalized spacial score (nSPS) is 18.7. The monoisotopic (exact) mass is 528 g/mol. The maximum atomic E-state index is 12.7. The number of nitrogens with one attached hydrogen (secondary N) is 4. The van der Waals surface area contributed by atoms with Gasteiger partial charge in [-0.05, 0) is 62.2 Å². The first-order chi connectivity index (χ1) is 17.0. The van der Waals surface area contributed by atoms with Gasteiger partial charge in [0.1, 0.15) is 11.1 Å². The largest absolute Gasteiger partial charge is 0.443 e. The molecule has 5 rings (SSSR count). The van der Waals surface area contributed by atoms with Crippen LogP contribution in [-0.4, -0.2) is 36.1 Å². The molecule has 1 amide bonds. The van der Waals surface area contributed by atoms with Gasteiger partial charge in [-0.25, -0.2) is 22.9 Å². The number of carbonyl (C=O) groups is 1. The van der Waals surface area contributed by atoms with Crippen LogP contribution in [0.1, 0.15) is 37.9 Å². The Morgan fingerprint density at radius 1 is 1.11 bits per heavy atom. The summed E-state index contributed by atoms with van der Waals surface area (Å²) in [7, 11) is -3.71. The van der Waals surface area contributed by atoms with Gasteiger partial charge in [-0.1, -0.05) is 23.7 Å². The van der Waals surface area contributed by atoms with E-state index in [4.69, 9.17) is 16.3 Å². The lowest BCUT2D eigenvalue weighted by Crippen LogP contribution is -2.40. The van der Waals surface area contributed by atoms with Gasteiger partial charge in [0.15, 0.2) is 5.82 Å². The minimum atomic E-state index is -3.71. The Hall–Kier alpha value is -3.41. The van der Waals surface area contributed by atoms with Crippen molar-refractivity contribution < 1.29 is 17.9 Å². The second-order valence-electron chi connectivity index (χ2n) is 9.71. The zero-order chi connectivity index (χ0) is 25.7. The van der Waals surface area contributed by atoms with E-state index < -0.39 is 21.7 Å². The molecule has 0 spiro atoms. The van der Waals surface area contributed by atoms with Gasteiger partial charge in [0.05, 0.1) is 17.1 Å². The fourth-order valence-corrected chi connectivity index (χ4v) is 5.85. The molecule has 1 saturated heterocycles. The third-order valence-corrected chi connectivity index (χ3v) is 7.69. The lowest BCUT2D eigenvalue weighted by atomic mass is 10.1. The predicted octanol–water partition coefficient (Wildman–Crippen LogP) is 4.40. The quantitative estimate of drug-likeness (QED) is 0.370. The fourth-order valence-electron chi connectivity index (χ4n) is 4.25. The van der Waals surface area contributed by atoms with Gasteiger partial charge in [0.25, 0.3) is 0 Å².